The zero-order chi connectivity index (χ0) is 4.00. The van der Waals surface area contributed by atoms with Gasteiger partial charge in [-0.1, -0.05) is 0 Å². The van der Waals surface area contributed by atoms with Crippen molar-refractivity contribution in [3.63, 3.8) is 0 Å². The fourth-order valence-corrected chi connectivity index (χ4v) is 0. The van der Waals surface area contributed by atoms with Crippen LogP contribution in [0.2, 0.25) is 0 Å². The molecule has 0 amide bonds. The third kappa shape index (κ3) is 3.29. The van der Waals surface area contributed by atoms with Gasteiger partial charge >= 0.3 is 0 Å². The van der Waals surface area contributed by atoms with Gasteiger partial charge in [0.25, 0.3) is 0 Å². The molecule has 0 aromatic rings. The average Bonchev–Trinajstić information content (AvgIpc) is 1.50. The van der Waals surface area contributed by atoms with Crippen LogP contribution < -0.4 is 0 Å². The van der Waals surface area contributed by atoms with Crippen LogP contribution in [-0.4, -0.2) is 17.3 Å². The fraction of sp³-hybridized carbons (Fsp3) is 0. The van der Waals surface area contributed by atoms with E-state index in [-0.39, 0.29) is 0 Å². The first-order chi connectivity index (χ1) is 2.00. The summed E-state index contributed by atoms with van der Waals surface area (Å²) in [7, 11) is 0. The summed E-state index contributed by atoms with van der Waals surface area (Å²) in [5.74, 6) is 0. The van der Waals surface area contributed by atoms with Gasteiger partial charge in [-0.3, -0.25) is 10.5 Å². The molecule has 0 fully saturated rings. The molecule has 0 saturated carbocycles. The van der Waals surface area contributed by atoms with Crippen molar-refractivity contribution in [1.29, 1.82) is 0 Å². The summed E-state index contributed by atoms with van der Waals surface area (Å²) < 4.78 is 0. The molecule has 3 heteroatoms. The van der Waals surface area contributed by atoms with Gasteiger partial charge in [0.1, 0.15) is 6.79 Å². The van der Waals surface area contributed by atoms with E-state index in [0.29, 0.717) is 0 Å². The number of rotatable bonds is 0. The molecule has 0 atom stereocenters. The van der Waals surface area contributed by atoms with Gasteiger partial charge in [0.15, 0.2) is 0 Å². The summed E-state index contributed by atoms with van der Waals surface area (Å²) in [5, 5.41) is 12.0. The molecule has 0 bridgehead atoms. The van der Waals surface area contributed by atoms with Crippen molar-refractivity contribution in [2.75, 3.05) is 0 Å². The number of carbonyl (C=O) groups is 1. The van der Waals surface area contributed by atoms with Gasteiger partial charge in [0, 0.05) is 0 Å². The van der Waals surface area contributed by atoms with Crippen molar-refractivity contribution >= 4 is 6.79 Å². The van der Waals surface area contributed by atoms with Crippen LogP contribution in [0, 0.1) is 0 Å². The molecule has 0 aliphatic carbocycles. The molecule has 0 spiro atoms. The Morgan fingerprint density at radius 1 is 1.25 bits per heavy atom. The zero-order valence-electron chi connectivity index (χ0n) is 2.01. The van der Waals surface area contributed by atoms with Gasteiger partial charge in [0.2, 0.25) is 0 Å². The summed E-state index contributed by atoms with van der Waals surface area (Å²) in [6, 6.07) is 0. The highest BCUT2D eigenvalue weighted by Crippen LogP contribution is 0.711. The second-order valence-electron chi connectivity index (χ2n) is 0. The lowest BCUT2D eigenvalue weighted by atomic mass is 11.9. The minimum atomic E-state index is 2.00. The van der Waals surface area contributed by atoms with Gasteiger partial charge in [-0.2, -0.15) is 0 Å². The average molecular weight is 64.0 g/mol. The van der Waals surface area contributed by atoms with Crippen molar-refractivity contribution in [3.8, 4) is 0 Å². The van der Waals surface area contributed by atoms with Crippen molar-refractivity contribution in [2.24, 2.45) is 0 Å². The van der Waals surface area contributed by atoms with Gasteiger partial charge in [0.05, 0.1) is 0 Å². The first-order valence-corrected chi connectivity index (χ1v) is 0.489. The van der Waals surface area contributed by atoms with E-state index in [2.05, 4.69) is 0 Å². The van der Waals surface area contributed by atoms with Crippen LogP contribution in [-0.2, 0) is 4.79 Å². The molecule has 0 heterocycles. The first-order valence-electron chi connectivity index (χ1n) is 0.489. The quantitative estimate of drug-likeness (QED) is 0.304. The Kier molecular flexibility index (Phi) is 92.8. The van der Waals surface area contributed by atoms with Crippen LogP contribution in [0.1, 0.15) is 0 Å². The third-order valence-corrected chi connectivity index (χ3v) is 0. The molecule has 4 heavy (non-hydrogen) atoms. The van der Waals surface area contributed by atoms with E-state index >= 15 is 0 Å². The summed E-state index contributed by atoms with van der Waals surface area (Å²) in [4.78, 5) is 8.00. The second-order valence-corrected chi connectivity index (χ2v) is 0. The highest BCUT2D eigenvalue weighted by atomic mass is 17.0. The number of carbonyl (C=O) groups excluding carboxylic acids is 1. The van der Waals surface area contributed by atoms with Crippen LogP contribution in [0.15, 0.2) is 0 Å². The number of hydrogen-bond donors (Lipinski definition) is 2. The molecule has 0 aliphatic heterocycles. The molecule has 0 unspecified atom stereocenters. The van der Waals surface area contributed by atoms with Crippen LogP contribution >= 0.6 is 0 Å². The SMILES string of the molecule is C=O.OO. The highest BCUT2D eigenvalue weighted by molar-refractivity contribution is 5.10. The molecule has 2 N–H and O–H groups in total. The maximum atomic E-state index is 8.00. The summed E-state index contributed by atoms with van der Waals surface area (Å²) >= 11 is 0. The molecule has 0 rings (SSSR count). The van der Waals surface area contributed by atoms with E-state index in [0.717, 1.165) is 0 Å². The molecule has 0 radical (unpaired) electrons. The molecule has 26 valence electrons. The lowest BCUT2D eigenvalue weighted by Crippen LogP contribution is -1.29. The van der Waals surface area contributed by atoms with Gasteiger partial charge in [-0.15, -0.1) is 0 Å². The summed E-state index contributed by atoms with van der Waals surface area (Å²) in [6.07, 6.45) is 0. The van der Waals surface area contributed by atoms with Crippen molar-refractivity contribution in [2.45, 2.75) is 0 Å². The van der Waals surface area contributed by atoms with Crippen molar-refractivity contribution < 1.29 is 15.3 Å². The van der Waals surface area contributed by atoms with E-state index in [1.165, 1.54) is 0 Å². The Labute approximate surface area is 23.4 Å². The Balaban J connectivity index is 0. The first kappa shape index (κ1) is 9.53. The van der Waals surface area contributed by atoms with Crippen LogP contribution in [0.5, 0.6) is 0 Å². The number of hydrogen-bond acceptors (Lipinski definition) is 3. The van der Waals surface area contributed by atoms with E-state index in [1.807, 2.05) is 6.79 Å². The maximum absolute atomic E-state index is 8.00. The third-order valence-electron chi connectivity index (χ3n) is 0. The lowest BCUT2D eigenvalue weighted by Gasteiger charge is -1.25. The van der Waals surface area contributed by atoms with E-state index in [9.17, 15) is 0 Å². The molecule has 0 aromatic carbocycles. The Bertz CT molecular complexity index is 3.25. The Hall–Kier alpha value is -0.410. The minimum Gasteiger partial charge on any atom is -0.307 e. The lowest BCUT2D eigenvalue weighted by molar-refractivity contribution is -0.176. The van der Waals surface area contributed by atoms with E-state index in [4.69, 9.17) is 15.3 Å². The second kappa shape index (κ2) is 39.0. The van der Waals surface area contributed by atoms with Crippen LogP contribution in [0.25, 0.3) is 0 Å². The molecule has 0 aromatic heterocycles. The predicted octanol–water partition coefficient (Wildman–Crippen LogP) is -0.168. The van der Waals surface area contributed by atoms with Gasteiger partial charge in [-0.25, -0.2) is 0 Å². The zero-order valence-corrected chi connectivity index (χ0v) is 2.01. The summed E-state index contributed by atoms with van der Waals surface area (Å²) in [5.41, 5.74) is 0. The normalized spacial score (nSPS) is 2.50. The Morgan fingerprint density at radius 2 is 1.25 bits per heavy atom. The standard InChI is InChI=1S/CH2O.H2O2/c2*1-2/h1H2;1-2H. The van der Waals surface area contributed by atoms with Crippen molar-refractivity contribution in [1.82, 2.24) is 0 Å². The largest absolute Gasteiger partial charge is 0.307 e. The van der Waals surface area contributed by atoms with E-state index in [1.54, 1.807) is 0 Å². The van der Waals surface area contributed by atoms with Crippen LogP contribution in [0.4, 0.5) is 0 Å². The Morgan fingerprint density at radius 3 is 1.25 bits per heavy atom. The monoisotopic (exact) mass is 64.0 g/mol. The smallest absolute Gasteiger partial charge is 0.106 e. The topological polar surface area (TPSA) is 57.5 Å². The molecule has 0 aliphatic rings. The van der Waals surface area contributed by atoms with Gasteiger partial charge < -0.3 is 4.79 Å². The minimum absolute atomic E-state index is 2.00. The summed E-state index contributed by atoms with van der Waals surface area (Å²) in [6.45, 7) is 2.00. The molecule has 0 saturated heterocycles. The molecular weight excluding hydrogens is 60.0 g/mol. The van der Waals surface area contributed by atoms with Gasteiger partial charge in [-0.05, 0) is 0 Å². The highest BCUT2D eigenvalue weighted by Gasteiger charge is 0.745. The molecular formula is CH4O3. The van der Waals surface area contributed by atoms with Crippen molar-refractivity contribution in [3.05, 3.63) is 0 Å². The van der Waals surface area contributed by atoms with Crippen LogP contribution in [0.3, 0.4) is 0 Å². The fourth-order valence-electron chi connectivity index (χ4n) is 0. The van der Waals surface area contributed by atoms with E-state index < -0.39 is 0 Å². The molecule has 3 nitrogen and oxygen atoms in total. The maximum Gasteiger partial charge on any atom is 0.106 e. The predicted molar refractivity (Wildman–Crippen MR) is 12.4 cm³/mol.